The molecule has 0 aliphatic rings. The number of rotatable bonds is 7. The topological polar surface area (TPSA) is 38.7 Å². The van der Waals surface area contributed by atoms with Crippen LogP contribution in [-0.2, 0) is 0 Å². The van der Waals surface area contributed by atoms with Crippen molar-refractivity contribution >= 4 is 10.9 Å². The van der Waals surface area contributed by atoms with Crippen molar-refractivity contribution in [1.29, 1.82) is 0 Å². The van der Waals surface area contributed by atoms with Crippen LogP contribution in [0.2, 0.25) is 0 Å². The Balaban J connectivity index is 1.22. The van der Waals surface area contributed by atoms with Gasteiger partial charge in [0.1, 0.15) is 0 Å². The minimum absolute atomic E-state index is 0.668. The second-order valence-corrected chi connectivity index (χ2v) is 12.9. The maximum absolute atomic E-state index is 5.29. The largest absolute Gasteiger partial charge is 0.256 e. The Bertz CT molecular complexity index is 2520. The third kappa shape index (κ3) is 6.28. The van der Waals surface area contributed by atoms with Gasteiger partial charge in [0, 0.05) is 33.8 Å². The van der Waals surface area contributed by atoms with Crippen molar-refractivity contribution in [3.05, 3.63) is 200 Å². The van der Waals surface area contributed by atoms with Gasteiger partial charge >= 0.3 is 0 Å². The summed E-state index contributed by atoms with van der Waals surface area (Å²) in [5.74, 6) is 0.668. The first-order chi connectivity index (χ1) is 25.7. The molecule has 7 aromatic carbocycles. The SMILES string of the molecule is c1ccc(-c2ccc(-c3cc(-c4ccc(-c5ccccc5)cn4)cc(-c4nc(-c5ccccc5)c5ccc(-c6ccccc6)cc5n4)c3)cc2)cc1. The Morgan fingerprint density at radius 1 is 0.288 bits per heavy atom. The molecule has 0 fully saturated rings. The molecule has 2 aromatic heterocycles. The van der Waals surface area contributed by atoms with Crippen LogP contribution in [0, 0.1) is 0 Å². The van der Waals surface area contributed by atoms with Crippen LogP contribution in [-0.4, -0.2) is 15.0 Å². The van der Waals surface area contributed by atoms with Gasteiger partial charge in [0.25, 0.3) is 0 Å². The second-order valence-electron chi connectivity index (χ2n) is 12.9. The third-order valence-corrected chi connectivity index (χ3v) is 9.53. The van der Waals surface area contributed by atoms with E-state index in [1.165, 1.54) is 11.1 Å². The van der Waals surface area contributed by atoms with Crippen molar-refractivity contribution in [3.63, 3.8) is 0 Å². The molecular weight excluding hydrogens is 631 g/mol. The van der Waals surface area contributed by atoms with Crippen LogP contribution >= 0.6 is 0 Å². The van der Waals surface area contributed by atoms with Crippen molar-refractivity contribution in [3.8, 4) is 78.4 Å². The van der Waals surface area contributed by atoms with E-state index < -0.39 is 0 Å². The van der Waals surface area contributed by atoms with Gasteiger partial charge in [-0.15, -0.1) is 0 Å². The molecule has 0 saturated carbocycles. The molecule has 3 nitrogen and oxygen atoms in total. The van der Waals surface area contributed by atoms with Gasteiger partial charge < -0.3 is 0 Å². The molecule has 0 bridgehead atoms. The maximum Gasteiger partial charge on any atom is 0.160 e. The van der Waals surface area contributed by atoms with Gasteiger partial charge in [-0.2, -0.15) is 0 Å². The fourth-order valence-electron chi connectivity index (χ4n) is 6.81. The molecule has 0 aliphatic heterocycles. The standard InChI is InChI=1S/C49H33N3/c1-5-13-34(14-6-1)37-21-23-38(24-22-37)42-29-43(46-28-26-41(33-50-46)36-17-9-3-10-18-36)31-44(30-42)49-51-47-32-40(35-15-7-2-8-16-35)25-27-45(47)48(52-49)39-19-11-4-12-20-39/h1-33H. The summed E-state index contributed by atoms with van der Waals surface area (Å²) in [7, 11) is 0. The molecule has 0 N–H and O–H groups in total. The molecule has 0 atom stereocenters. The zero-order valence-electron chi connectivity index (χ0n) is 28.4. The van der Waals surface area contributed by atoms with Gasteiger partial charge in [-0.05, 0) is 75.3 Å². The first kappa shape index (κ1) is 31.0. The second kappa shape index (κ2) is 13.7. The highest BCUT2D eigenvalue weighted by molar-refractivity contribution is 5.96. The smallest absolute Gasteiger partial charge is 0.160 e. The van der Waals surface area contributed by atoms with Crippen LogP contribution in [0.5, 0.6) is 0 Å². The van der Waals surface area contributed by atoms with E-state index in [0.29, 0.717) is 5.82 Å². The lowest BCUT2D eigenvalue weighted by atomic mass is 9.95. The van der Waals surface area contributed by atoms with Crippen molar-refractivity contribution in [2.45, 2.75) is 0 Å². The third-order valence-electron chi connectivity index (χ3n) is 9.53. The van der Waals surface area contributed by atoms with E-state index in [-0.39, 0.29) is 0 Å². The van der Waals surface area contributed by atoms with E-state index in [1.54, 1.807) is 0 Å². The molecule has 0 radical (unpaired) electrons. The summed E-state index contributed by atoms with van der Waals surface area (Å²) < 4.78 is 0. The van der Waals surface area contributed by atoms with Gasteiger partial charge in [0.2, 0.25) is 0 Å². The van der Waals surface area contributed by atoms with E-state index in [9.17, 15) is 0 Å². The van der Waals surface area contributed by atoms with Gasteiger partial charge in [0.15, 0.2) is 5.82 Å². The molecule has 0 aliphatic carbocycles. The lowest BCUT2D eigenvalue weighted by Gasteiger charge is -2.14. The maximum atomic E-state index is 5.29. The molecule has 0 saturated heterocycles. The molecule has 9 rings (SSSR count). The summed E-state index contributed by atoms with van der Waals surface area (Å²) >= 11 is 0. The Hall–Kier alpha value is -6.97. The van der Waals surface area contributed by atoms with Crippen LogP contribution in [0.4, 0.5) is 0 Å². The average molecular weight is 664 g/mol. The highest BCUT2D eigenvalue weighted by Gasteiger charge is 2.16. The van der Waals surface area contributed by atoms with Crippen molar-refractivity contribution in [1.82, 2.24) is 15.0 Å². The van der Waals surface area contributed by atoms with Gasteiger partial charge in [-0.25, -0.2) is 9.97 Å². The molecular formula is C49H33N3. The molecule has 0 spiro atoms. The summed E-state index contributed by atoms with van der Waals surface area (Å²) in [5, 5.41) is 1.01. The Morgan fingerprint density at radius 2 is 0.750 bits per heavy atom. The summed E-state index contributed by atoms with van der Waals surface area (Å²) in [6.07, 6.45) is 1.96. The zero-order valence-corrected chi connectivity index (χ0v) is 28.4. The molecule has 3 heteroatoms. The molecule has 0 unspecified atom stereocenters. The zero-order chi connectivity index (χ0) is 34.7. The van der Waals surface area contributed by atoms with Crippen LogP contribution in [0.25, 0.3) is 89.3 Å². The van der Waals surface area contributed by atoms with E-state index in [1.807, 2.05) is 30.5 Å². The lowest BCUT2D eigenvalue weighted by molar-refractivity contribution is 1.23. The van der Waals surface area contributed by atoms with E-state index in [2.05, 4.69) is 170 Å². The summed E-state index contributed by atoms with van der Waals surface area (Å²) in [6, 6.07) is 67.8. The summed E-state index contributed by atoms with van der Waals surface area (Å²) in [5.41, 5.74) is 14.7. The van der Waals surface area contributed by atoms with Crippen LogP contribution in [0.1, 0.15) is 0 Å². The predicted molar refractivity (Wildman–Crippen MR) is 215 cm³/mol. The Labute approximate surface area is 303 Å². The van der Waals surface area contributed by atoms with Crippen molar-refractivity contribution < 1.29 is 0 Å². The molecule has 0 amide bonds. The number of fused-ring (bicyclic) bond motifs is 1. The number of hydrogen-bond acceptors (Lipinski definition) is 3. The Morgan fingerprint density at radius 3 is 1.35 bits per heavy atom. The molecule has 2 heterocycles. The average Bonchev–Trinajstić information content (AvgIpc) is 3.24. The van der Waals surface area contributed by atoms with E-state index >= 15 is 0 Å². The van der Waals surface area contributed by atoms with E-state index in [0.717, 1.165) is 72.4 Å². The number of pyridine rings is 1. The van der Waals surface area contributed by atoms with Crippen LogP contribution < -0.4 is 0 Å². The first-order valence-corrected chi connectivity index (χ1v) is 17.5. The molecule has 244 valence electrons. The number of nitrogens with zero attached hydrogens (tertiary/aromatic N) is 3. The Kier molecular flexibility index (Phi) is 8.20. The fourth-order valence-corrected chi connectivity index (χ4v) is 6.81. The lowest BCUT2D eigenvalue weighted by Crippen LogP contribution is -1.97. The number of aromatic nitrogens is 3. The monoisotopic (exact) mass is 663 g/mol. The summed E-state index contributed by atoms with van der Waals surface area (Å²) in [6.45, 7) is 0. The first-order valence-electron chi connectivity index (χ1n) is 17.5. The van der Waals surface area contributed by atoms with Crippen molar-refractivity contribution in [2.24, 2.45) is 0 Å². The quantitative estimate of drug-likeness (QED) is 0.170. The minimum atomic E-state index is 0.668. The highest BCUT2D eigenvalue weighted by atomic mass is 14.9. The van der Waals surface area contributed by atoms with Crippen LogP contribution in [0.15, 0.2) is 200 Å². The fraction of sp³-hybridized carbons (Fsp3) is 0. The van der Waals surface area contributed by atoms with Gasteiger partial charge in [-0.3, -0.25) is 4.98 Å². The highest BCUT2D eigenvalue weighted by Crippen LogP contribution is 2.36. The van der Waals surface area contributed by atoms with Gasteiger partial charge in [0.05, 0.1) is 16.9 Å². The molecule has 52 heavy (non-hydrogen) atoms. The van der Waals surface area contributed by atoms with Gasteiger partial charge in [-0.1, -0.05) is 158 Å². The number of benzene rings is 7. The normalized spacial score (nSPS) is 11.1. The van der Waals surface area contributed by atoms with E-state index in [4.69, 9.17) is 15.0 Å². The molecule has 9 aromatic rings. The number of hydrogen-bond donors (Lipinski definition) is 0. The van der Waals surface area contributed by atoms with Crippen molar-refractivity contribution in [2.75, 3.05) is 0 Å². The predicted octanol–water partition coefficient (Wildman–Crippen LogP) is 12.7. The van der Waals surface area contributed by atoms with Crippen LogP contribution in [0.3, 0.4) is 0 Å². The summed E-state index contributed by atoms with van der Waals surface area (Å²) in [4.78, 5) is 15.5. The minimum Gasteiger partial charge on any atom is -0.256 e.